The summed E-state index contributed by atoms with van der Waals surface area (Å²) in [6.45, 7) is 2.16. The average Bonchev–Trinajstić information content (AvgIpc) is 2.60. The van der Waals surface area contributed by atoms with Gasteiger partial charge in [-0.1, -0.05) is 24.3 Å². The van der Waals surface area contributed by atoms with Crippen LogP contribution in [0.25, 0.3) is 16.6 Å². The summed E-state index contributed by atoms with van der Waals surface area (Å²) in [4.78, 5) is 21.1. The second-order valence-corrected chi connectivity index (χ2v) is 5.64. The lowest BCUT2D eigenvalue weighted by Crippen LogP contribution is -2.16. The first-order valence-electron chi connectivity index (χ1n) is 7.66. The zero-order chi connectivity index (χ0) is 16.5. The maximum Gasteiger partial charge on any atom is 0.258 e. The molecule has 0 fully saturated rings. The highest BCUT2D eigenvalue weighted by atomic mass is 16.5. The van der Waals surface area contributed by atoms with Crippen LogP contribution in [-0.2, 0) is 6.61 Å². The molecule has 4 rings (SSSR count). The number of hydrogen-bond acceptors (Lipinski definition) is 4. The van der Waals surface area contributed by atoms with Gasteiger partial charge in [-0.15, -0.1) is 0 Å². The average molecular weight is 317 g/mol. The van der Waals surface area contributed by atoms with Crippen LogP contribution in [0.15, 0.2) is 65.7 Å². The summed E-state index contributed by atoms with van der Waals surface area (Å²) >= 11 is 0. The predicted octanol–water partition coefficient (Wildman–Crippen LogP) is 3.13. The standard InChI is InChI=1S/C19H15N3O2/c1-13-7-8-17-21-15(10-18(23)22(17)11-13)12-24-16-6-2-4-14-5-3-9-20-19(14)16/h2-11H,12H2,1H3. The molecule has 0 unspecified atom stereocenters. The van der Waals surface area contributed by atoms with Crippen molar-refractivity contribution in [3.63, 3.8) is 0 Å². The molecule has 24 heavy (non-hydrogen) atoms. The van der Waals surface area contributed by atoms with Gasteiger partial charge < -0.3 is 4.74 Å². The Morgan fingerprint density at radius 1 is 1.12 bits per heavy atom. The van der Waals surface area contributed by atoms with E-state index < -0.39 is 0 Å². The molecule has 118 valence electrons. The Kier molecular flexibility index (Phi) is 3.46. The van der Waals surface area contributed by atoms with Crippen LogP contribution in [0.1, 0.15) is 11.3 Å². The highest BCUT2D eigenvalue weighted by Crippen LogP contribution is 2.23. The molecule has 0 radical (unpaired) electrons. The first-order valence-corrected chi connectivity index (χ1v) is 7.66. The van der Waals surface area contributed by atoms with Crippen molar-refractivity contribution in [2.24, 2.45) is 0 Å². The predicted molar refractivity (Wildman–Crippen MR) is 92.3 cm³/mol. The lowest BCUT2D eigenvalue weighted by molar-refractivity contribution is 0.304. The molecule has 3 aromatic heterocycles. The van der Waals surface area contributed by atoms with Crippen LogP contribution in [0, 0.1) is 6.92 Å². The maximum atomic E-state index is 12.2. The minimum Gasteiger partial charge on any atom is -0.485 e. The van der Waals surface area contributed by atoms with E-state index in [0.29, 0.717) is 17.1 Å². The van der Waals surface area contributed by atoms with Crippen molar-refractivity contribution in [3.05, 3.63) is 82.5 Å². The smallest absolute Gasteiger partial charge is 0.258 e. The fraction of sp³-hybridized carbons (Fsp3) is 0.105. The van der Waals surface area contributed by atoms with Gasteiger partial charge in [-0.25, -0.2) is 4.98 Å². The molecule has 1 aromatic carbocycles. The van der Waals surface area contributed by atoms with Crippen molar-refractivity contribution in [2.45, 2.75) is 13.5 Å². The summed E-state index contributed by atoms with van der Waals surface area (Å²) in [6.07, 6.45) is 3.52. The lowest BCUT2D eigenvalue weighted by atomic mass is 10.2. The third kappa shape index (κ3) is 2.60. The highest BCUT2D eigenvalue weighted by molar-refractivity contribution is 5.84. The normalized spacial score (nSPS) is 11.0. The Balaban J connectivity index is 1.67. The van der Waals surface area contributed by atoms with E-state index in [1.54, 1.807) is 12.4 Å². The minimum absolute atomic E-state index is 0.113. The number of benzene rings is 1. The van der Waals surface area contributed by atoms with Gasteiger partial charge in [0.25, 0.3) is 5.56 Å². The van der Waals surface area contributed by atoms with Gasteiger partial charge in [0, 0.05) is 23.8 Å². The van der Waals surface area contributed by atoms with Crippen LogP contribution in [-0.4, -0.2) is 14.4 Å². The quantitative estimate of drug-likeness (QED) is 0.582. The SMILES string of the molecule is Cc1ccc2nc(COc3cccc4cccnc34)cc(=O)n2c1. The lowest BCUT2D eigenvalue weighted by Gasteiger charge is -2.09. The first kappa shape index (κ1) is 14.4. The van der Waals surface area contributed by atoms with Crippen molar-refractivity contribution >= 4 is 16.6 Å². The molecular weight excluding hydrogens is 302 g/mol. The van der Waals surface area contributed by atoms with Crippen LogP contribution in [0.2, 0.25) is 0 Å². The number of nitrogens with zero attached hydrogens (tertiary/aromatic N) is 3. The number of fused-ring (bicyclic) bond motifs is 2. The van der Waals surface area contributed by atoms with Crippen LogP contribution in [0.5, 0.6) is 5.75 Å². The van der Waals surface area contributed by atoms with Gasteiger partial charge in [0.15, 0.2) is 0 Å². The van der Waals surface area contributed by atoms with E-state index in [1.165, 1.54) is 10.5 Å². The Morgan fingerprint density at radius 2 is 2.00 bits per heavy atom. The van der Waals surface area contributed by atoms with E-state index in [2.05, 4.69) is 9.97 Å². The maximum absolute atomic E-state index is 12.2. The molecule has 0 aliphatic heterocycles. The minimum atomic E-state index is -0.113. The molecule has 5 nitrogen and oxygen atoms in total. The van der Waals surface area contributed by atoms with Crippen LogP contribution < -0.4 is 10.3 Å². The number of ether oxygens (including phenoxy) is 1. The molecule has 0 aliphatic carbocycles. The van der Waals surface area contributed by atoms with E-state index in [1.807, 2.05) is 49.4 Å². The van der Waals surface area contributed by atoms with Gasteiger partial charge in [-0.2, -0.15) is 0 Å². The molecule has 5 heteroatoms. The number of rotatable bonds is 3. The fourth-order valence-electron chi connectivity index (χ4n) is 2.68. The van der Waals surface area contributed by atoms with Gasteiger partial charge in [0.1, 0.15) is 23.5 Å². The molecule has 0 amide bonds. The molecule has 0 saturated heterocycles. The first-order chi connectivity index (χ1) is 11.7. The second-order valence-electron chi connectivity index (χ2n) is 5.64. The number of para-hydroxylation sites is 1. The van der Waals surface area contributed by atoms with E-state index in [4.69, 9.17) is 4.74 Å². The van der Waals surface area contributed by atoms with Gasteiger partial charge in [0.05, 0.1) is 5.69 Å². The Morgan fingerprint density at radius 3 is 2.92 bits per heavy atom. The Hall–Kier alpha value is -3.21. The van der Waals surface area contributed by atoms with Crippen LogP contribution >= 0.6 is 0 Å². The van der Waals surface area contributed by atoms with Crippen LogP contribution in [0.4, 0.5) is 0 Å². The van der Waals surface area contributed by atoms with Gasteiger partial charge in [0.2, 0.25) is 0 Å². The monoisotopic (exact) mass is 317 g/mol. The zero-order valence-corrected chi connectivity index (χ0v) is 13.1. The molecule has 0 N–H and O–H groups in total. The van der Waals surface area contributed by atoms with E-state index in [9.17, 15) is 4.79 Å². The largest absolute Gasteiger partial charge is 0.485 e. The summed E-state index contributed by atoms with van der Waals surface area (Å²) in [6, 6.07) is 14.9. The Bertz CT molecular complexity index is 1100. The summed E-state index contributed by atoms with van der Waals surface area (Å²) in [5, 5.41) is 1.01. The van der Waals surface area contributed by atoms with Crippen LogP contribution in [0.3, 0.4) is 0 Å². The van der Waals surface area contributed by atoms with Crippen molar-refractivity contribution in [3.8, 4) is 5.75 Å². The van der Waals surface area contributed by atoms with Crippen molar-refractivity contribution in [2.75, 3.05) is 0 Å². The zero-order valence-electron chi connectivity index (χ0n) is 13.1. The van der Waals surface area contributed by atoms with E-state index in [-0.39, 0.29) is 12.2 Å². The fourth-order valence-corrected chi connectivity index (χ4v) is 2.68. The van der Waals surface area contributed by atoms with Crippen molar-refractivity contribution < 1.29 is 4.74 Å². The van der Waals surface area contributed by atoms with Gasteiger partial charge >= 0.3 is 0 Å². The summed E-state index contributed by atoms with van der Waals surface area (Å²) in [7, 11) is 0. The van der Waals surface area contributed by atoms with Gasteiger partial charge in [-0.3, -0.25) is 14.2 Å². The number of aryl methyl sites for hydroxylation is 1. The van der Waals surface area contributed by atoms with Gasteiger partial charge in [-0.05, 0) is 30.7 Å². The molecular formula is C19H15N3O2. The van der Waals surface area contributed by atoms with Crippen molar-refractivity contribution in [1.82, 2.24) is 14.4 Å². The molecule has 3 heterocycles. The third-order valence-corrected chi connectivity index (χ3v) is 3.83. The van der Waals surface area contributed by atoms with Crippen molar-refractivity contribution in [1.29, 1.82) is 0 Å². The summed E-state index contributed by atoms with van der Waals surface area (Å²) in [5.74, 6) is 0.680. The summed E-state index contributed by atoms with van der Waals surface area (Å²) in [5.41, 5.74) is 2.91. The Labute approximate surface area is 138 Å². The topological polar surface area (TPSA) is 56.5 Å². The van der Waals surface area contributed by atoms with E-state index in [0.717, 1.165) is 16.5 Å². The third-order valence-electron chi connectivity index (χ3n) is 3.83. The molecule has 0 saturated carbocycles. The molecule has 0 atom stereocenters. The number of pyridine rings is 2. The number of aromatic nitrogens is 3. The molecule has 0 bridgehead atoms. The number of hydrogen-bond donors (Lipinski definition) is 0. The van der Waals surface area contributed by atoms with E-state index >= 15 is 0 Å². The molecule has 0 spiro atoms. The second kappa shape index (κ2) is 5.77. The highest BCUT2D eigenvalue weighted by Gasteiger charge is 2.06. The molecule has 4 aromatic rings. The molecule has 0 aliphatic rings. The summed E-state index contributed by atoms with van der Waals surface area (Å²) < 4.78 is 7.40.